The molecule has 1 aromatic carbocycles. The first-order valence-electron chi connectivity index (χ1n) is 7.05. The fourth-order valence-electron chi connectivity index (χ4n) is 2.13. The average Bonchev–Trinajstić information content (AvgIpc) is 2.47. The van der Waals surface area contributed by atoms with Gasteiger partial charge in [-0.05, 0) is 43.0 Å². The fraction of sp³-hybridized carbons (Fsp3) is 0.353. The molecule has 2 N–H and O–H groups in total. The smallest absolute Gasteiger partial charge is 0.126 e. The maximum absolute atomic E-state index is 9.27. The molecule has 0 bridgehead atoms. The predicted octanol–water partition coefficient (Wildman–Crippen LogP) is 3.55. The van der Waals surface area contributed by atoms with Crippen LogP contribution in [-0.2, 0) is 0 Å². The Labute approximate surface area is 120 Å². The molecule has 0 aliphatic rings. The molecule has 106 valence electrons. The highest BCUT2D eigenvalue weighted by atomic mass is 16.3. The van der Waals surface area contributed by atoms with Gasteiger partial charge in [0.1, 0.15) is 5.82 Å². The highest BCUT2D eigenvalue weighted by Gasteiger charge is 2.08. The highest BCUT2D eigenvalue weighted by molar-refractivity contribution is 5.69. The molecule has 0 saturated carbocycles. The summed E-state index contributed by atoms with van der Waals surface area (Å²) in [6.45, 7) is 6.31. The fourth-order valence-corrected chi connectivity index (χ4v) is 2.13. The van der Waals surface area contributed by atoms with Crippen LogP contribution in [0.4, 0.5) is 5.82 Å². The summed E-state index contributed by atoms with van der Waals surface area (Å²) < 4.78 is 0. The molecule has 0 fully saturated rings. The zero-order valence-electron chi connectivity index (χ0n) is 12.4. The second kappa shape index (κ2) is 6.53. The average molecular weight is 270 g/mol. The summed E-state index contributed by atoms with van der Waals surface area (Å²) >= 11 is 0. The third-order valence-corrected chi connectivity index (χ3v) is 3.53. The van der Waals surface area contributed by atoms with E-state index in [1.54, 1.807) is 0 Å². The molecule has 0 spiro atoms. The summed E-state index contributed by atoms with van der Waals surface area (Å²) in [5.41, 5.74) is 4.77. The molecule has 0 aliphatic heterocycles. The van der Waals surface area contributed by atoms with Gasteiger partial charge in [0.15, 0.2) is 0 Å². The molecule has 1 aromatic heterocycles. The van der Waals surface area contributed by atoms with Gasteiger partial charge in [0.05, 0.1) is 12.6 Å². The molecule has 1 atom stereocenters. The Morgan fingerprint density at radius 1 is 1.20 bits per heavy atom. The van der Waals surface area contributed by atoms with Gasteiger partial charge in [-0.25, -0.2) is 4.98 Å². The summed E-state index contributed by atoms with van der Waals surface area (Å²) in [6.07, 6.45) is 2.74. The van der Waals surface area contributed by atoms with E-state index in [1.165, 1.54) is 16.7 Å². The van der Waals surface area contributed by atoms with Crippen molar-refractivity contribution in [2.75, 3.05) is 11.9 Å². The van der Waals surface area contributed by atoms with Crippen LogP contribution in [0.3, 0.4) is 0 Å². The predicted molar refractivity (Wildman–Crippen MR) is 83.9 cm³/mol. The monoisotopic (exact) mass is 270 g/mol. The number of anilines is 1. The minimum atomic E-state index is 0.0519. The largest absolute Gasteiger partial charge is 0.394 e. The molecule has 3 heteroatoms. The first kappa shape index (κ1) is 14.5. The maximum atomic E-state index is 9.27. The normalized spacial score (nSPS) is 12.2. The van der Waals surface area contributed by atoms with Crippen molar-refractivity contribution in [2.45, 2.75) is 33.2 Å². The van der Waals surface area contributed by atoms with E-state index in [9.17, 15) is 5.11 Å². The summed E-state index contributed by atoms with van der Waals surface area (Å²) in [7, 11) is 0. The molecular formula is C17H22N2O. The van der Waals surface area contributed by atoms with Gasteiger partial charge in [0.2, 0.25) is 0 Å². The van der Waals surface area contributed by atoms with Crippen molar-refractivity contribution < 1.29 is 5.11 Å². The number of hydrogen-bond donors (Lipinski definition) is 2. The van der Waals surface area contributed by atoms with Gasteiger partial charge < -0.3 is 10.4 Å². The Morgan fingerprint density at radius 2 is 1.90 bits per heavy atom. The molecule has 20 heavy (non-hydrogen) atoms. The lowest BCUT2D eigenvalue weighted by molar-refractivity contribution is 0.271. The zero-order chi connectivity index (χ0) is 14.5. The van der Waals surface area contributed by atoms with Crippen LogP contribution in [0, 0.1) is 13.8 Å². The number of aliphatic hydroxyl groups excluding tert-OH is 1. The topological polar surface area (TPSA) is 45.1 Å². The molecule has 2 rings (SSSR count). The van der Waals surface area contributed by atoms with E-state index in [4.69, 9.17) is 0 Å². The van der Waals surface area contributed by atoms with Gasteiger partial charge in [0.25, 0.3) is 0 Å². The van der Waals surface area contributed by atoms with Gasteiger partial charge in [-0.2, -0.15) is 0 Å². The van der Waals surface area contributed by atoms with E-state index in [-0.39, 0.29) is 12.6 Å². The molecule has 1 heterocycles. The van der Waals surface area contributed by atoms with Gasteiger partial charge in [0, 0.05) is 6.20 Å². The molecule has 3 nitrogen and oxygen atoms in total. The second-order valence-electron chi connectivity index (χ2n) is 5.18. The third-order valence-electron chi connectivity index (χ3n) is 3.53. The van der Waals surface area contributed by atoms with E-state index in [0.717, 1.165) is 17.8 Å². The SMILES string of the molecule is CCC(CO)Nc1cc(-c2ccc(C)cc2)c(C)cn1. The van der Waals surface area contributed by atoms with Crippen molar-refractivity contribution in [3.8, 4) is 11.1 Å². The van der Waals surface area contributed by atoms with E-state index >= 15 is 0 Å². The lowest BCUT2D eigenvalue weighted by atomic mass is 10.0. The molecule has 0 saturated heterocycles. The van der Waals surface area contributed by atoms with Crippen molar-refractivity contribution >= 4 is 5.82 Å². The number of nitrogens with one attached hydrogen (secondary N) is 1. The highest BCUT2D eigenvalue weighted by Crippen LogP contribution is 2.25. The summed E-state index contributed by atoms with van der Waals surface area (Å²) in [5.74, 6) is 0.812. The number of pyridine rings is 1. The zero-order valence-corrected chi connectivity index (χ0v) is 12.4. The Kier molecular flexibility index (Phi) is 4.74. The second-order valence-corrected chi connectivity index (χ2v) is 5.18. The Bertz CT molecular complexity index is 560. The van der Waals surface area contributed by atoms with Crippen LogP contribution in [0.2, 0.25) is 0 Å². The van der Waals surface area contributed by atoms with Gasteiger partial charge in [-0.1, -0.05) is 36.8 Å². The maximum Gasteiger partial charge on any atom is 0.126 e. The number of aryl methyl sites for hydroxylation is 2. The van der Waals surface area contributed by atoms with Crippen LogP contribution in [0.25, 0.3) is 11.1 Å². The van der Waals surface area contributed by atoms with Crippen molar-refractivity contribution in [2.24, 2.45) is 0 Å². The van der Waals surface area contributed by atoms with Crippen LogP contribution in [-0.4, -0.2) is 22.7 Å². The molecule has 0 amide bonds. The Hall–Kier alpha value is -1.87. The van der Waals surface area contributed by atoms with E-state index in [0.29, 0.717) is 0 Å². The molecular weight excluding hydrogens is 248 g/mol. The van der Waals surface area contributed by atoms with Crippen molar-refractivity contribution in [3.63, 3.8) is 0 Å². The van der Waals surface area contributed by atoms with Crippen LogP contribution >= 0.6 is 0 Å². The van der Waals surface area contributed by atoms with Crippen molar-refractivity contribution in [3.05, 3.63) is 47.7 Å². The van der Waals surface area contributed by atoms with E-state index < -0.39 is 0 Å². The molecule has 1 unspecified atom stereocenters. The van der Waals surface area contributed by atoms with Gasteiger partial charge >= 0.3 is 0 Å². The molecule has 0 aliphatic carbocycles. The Morgan fingerprint density at radius 3 is 2.50 bits per heavy atom. The minimum Gasteiger partial charge on any atom is -0.394 e. The standard InChI is InChI=1S/C17H22N2O/c1-4-15(11-20)19-17-9-16(13(3)10-18-17)14-7-5-12(2)6-8-14/h5-10,15,20H,4,11H2,1-3H3,(H,18,19). The van der Waals surface area contributed by atoms with Crippen LogP contribution in [0.5, 0.6) is 0 Å². The van der Waals surface area contributed by atoms with Crippen molar-refractivity contribution in [1.29, 1.82) is 0 Å². The summed E-state index contributed by atoms with van der Waals surface area (Å²) in [4.78, 5) is 4.40. The Balaban J connectivity index is 2.31. The summed E-state index contributed by atoms with van der Waals surface area (Å²) in [5, 5.41) is 12.5. The lowest BCUT2D eigenvalue weighted by Crippen LogP contribution is -2.23. The van der Waals surface area contributed by atoms with Crippen LogP contribution in [0.1, 0.15) is 24.5 Å². The van der Waals surface area contributed by atoms with Gasteiger partial charge in [-0.15, -0.1) is 0 Å². The minimum absolute atomic E-state index is 0.0519. The third kappa shape index (κ3) is 3.36. The first-order valence-corrected chi connectivity index (χ1v) is 7.05. The molecule has 2 aromatic rings. The summed E-state index contributed by atoms with van der Waals surface area (Å²) in [6, 6.07) is 10.6. The van der Waals surface area contributed by atoms with Crippen molar-refractivity contribution in [1.82, 2.24) is 4.98 Å². The molecule has 0 radical (unpaired) electrons. The van der Waals surface area contributed by atoms with E-state index in [1.807, 2.05) is 13.1 Å². The quantitative estimate of drug-likeness (QED) is 0.873. The number of benzene rings is 1. The number of aliphatic hydroxyl groups is 1. The number of rotatable bonds is 5. The van der Waals surface area contributed by atoms with Gasteiger partial charge in [-0.3, -0.25) is 0 Å². The number of aromatic nitrogens is 1. The first-order chi connectivity index (χ1) is 9.63. The van der Waals surface area contributed by atoms with Crippen LogP contribution in [0.15, 0.2) is 36.5 Å². The van der Waals surface area contributed by atoms with E-state index in [2.05, 4.69) is 54.5 Å². The lowest BCUT2D eigenvalue weighted by Gasteiger charge is -2.16. The van der Waals surface area contributed by atoms with Crippen LogP contribution < -0.4 is 5.32 Å². The number of hydrogen-bond acceptors (Lipinski definition) is 3. The number of nitrogens with zero attached hydrogens (tertiary/aromatic N) is 1.